The molecule has 2 rings (SSSR count). The lowest BCUT2D eigenvalue weighted by Gasteiger charge is -2.13. The molecule has 144 valence electrons. The molecule has 0 aliphatic heterocycles. The Labute approximate surface area is 157 Å². The zero-order valence-electron chi connectivity index (χ0n) is 15.5. The molecule has 0 spiro atoms. The molecule has 2 amide bonds. The number of nitrogens with one attached hydrogen (secondary N) is 2. The zero-order valence-corrected chi connectivity index (χ0v) is 15.5. The van der Waals surface area contributed by atoms with Crippen molar-refractivity contribution in [3.05, 3.63) is 59.4 Å². The molecule has 0 saturated carbocycles. The van der Waals surface area contributed by atoms with Crippen LogP contribution in [0.3, 0.4) is 0 Å². The summed E-state index contributed by atoms with van der Waals surface area (Å²) in [4.78, 5) is 23.4. The maximum absolute atomic E-state index is 12.8. The standard InChI is InChI=1S/C20H23FN2O4/c1-13(2)18-9-8-17(10-14(18)3)27-12-20(25)23-22-19(24)11-26-16-6-4-15(21)5-7-16/h4-10,13H,11-12H2,1-3H3,(H,22,24)(H,23,25). The van der Waals surface area contributed by atoms with Crippen molar-refractivity contribution < 1.29 is 23.5 Å². The summed E-state index contributed by atoms with van der Waals surface area (Å²) in [6.45, 7) is 5.66. The third-order valence-corrected chi connectivity index (χ3v) is 3.76. The van der Waals surface area contributed by atoms with Crippen LogP contribution < -0.4 is 20.3 Å². The van der Waals surface area contributed by atoms with Gasteiger partial charge >= 0.3 is 0 Å². The maximum Gasteiger partial charge on any atom is 0.276 e. The Morgan fingerprint density at radius 1 is 0.926 bits per heavy atom. The fraction of sp³-hybridized carbons (Fsp3) is 0.300. The van der Waals surface area contributed by atoms with Crippen LogP contribution in [0.4, 0.5) is 4.39 Å². The van der Waals surface area contributed by atoms with Gasteiger partial charge in [0, 0.05) is 0 Å². The van der Waals surface area contributed by atoms with Crippen molar-refractivity contribution in [3.8, 4) is 11.5 Å². The first kappa shape index (κ1) is 20.2. The number of hydrogen-bond donors (Lipinski definition) is 2. The van der Waals surface area contributed by atoms with E-state index >= 15 is 0 Å². The van der Waals surface area contributed by atoms with Crippen LogP contribution in [-0.4, -0.2) is 25.0 Å². The smallest absolute Gasteiger partial charge is 0.276 e. The maximum atomic E-state index is 12.8. The van der Waals surface area contributed by atoms with Crippen molar-refractivity contribution in [2.75, 3.05) is 13.2 Å². The number of benzene rings is 2. The molecule has 2 aromatic rings. The van der Waals surface area contributed by atoms with Crippen LogP contribution in [0.25, 0.3) is 0 Å². The van der Waals surface area contributed by atoms with Gasteiger partial charge in [0.25, 0.3) is 11.8 Å². The highest BCUT2D eigenvalue weighted by atomic mass is 19.1. The number of amides is 2. The third kappa shape index (κ3) is 6.62. The van der Waals surface area contributed by atoms with Gasteiger partial charge < -0.3 is 9.47 Å². The Hall–Kier alpha value is -3.09. The summed E-state index contributed by atoms with van der Waals surface area (Å²) < 4.78 is 23.4. The molecule has 7 heteroatoms. The molecule has 27 heavy (non-hydrogen) atoms. The van der Waals surface area contributed by atoms with Crippen molar-refractivity contribution >= 4 is 11.8 Å². The minimum Gasteiger partial charge on any atom is -0.484 e. The summed E-state index contributed by atoms with van der Waals surface area (Å²) in [6.07, 6.45) is 0. The van der Waals surface area contributed by atoms with E-state index in [2.05, 4.69) is 24.7 Å². The number of hydrogen-bond acceptors (Lipinski definition) is 4. The second kappa shape index (κ2) is 9.56. The second-order valence-corrected chi connectivity index (χ2v) is 6.30. The normalized spacial score (nSPS) is 10.4. The lowest BCUT2D eigenvalue weighted by Crippen LogP contribution is -2.45. The largest absolute Gasteiger partial charge is 0.484 e. The van der Waals surface area contributed by atoms with E-state index in [4.69, 9.17) is 9.47 Å². The van der Waals surface area contributed by atoms with Crippen LogP contribution in [-0.2, 0) is 9.59 Å². The predicted octanol–water partition coefficient (Wildman–Crippen LogP) is 2.86. The Kier molecular flexibility index (Phi) is 7.16. The van der Waals surface area contributed by atoms with Crippen LogP contribution in [0.15, 0.2) is 42.5 Å². The Balaban J connectivity index is 1.70. The molecule has 0 unspecified atom stereocenters. The molecule has 0 atom stereocenters. The average molecular weight is 374 g/mol. The highest BCUT2D eigenvalue weighted by Gasteiger charge is 2.08. The molecule has 6 nitrogen and oxygen atoms in total. The molecule has 0 aliphatic rings. The molecule has 2 N–H and O–H groups in total. The van der Waals surface area contributed by atoms with Gasteiger partial charge in [-0.1, -0.05) is 19.9 Å². The van der Waals surface area contributed by atoms with Crippen LogP contribution >= 0.6 is 0 Å². The van der Waals surface area contributed by atoms with E-state index < -0.39 is 17.6 Å². The highest BCUT2D eigenvalue weighted by Crippen LogP contribution is 2.23. The molecular formula is C20H23FN2O4. The summed E-state index contributed by atoms with van der Waals surface area (Å²) in [5, 5.41) is 0. The number of aryl methyl sites for hydroxylation is 1. The van der Waals surface area contributed by atoms with Crippen LogP contribution in [0.2, 0.25) is 0 Å². The first-order valence-corrected chi connectivity index (χ1v) is 8.54. The minimum absolute atomic E-state index is 0.237. The molecule has 0 heterocycles. The topological polar surface area (TPSA) is 76.7 Å². The van der Waals surface area contributed by atoms with Crippen molar-refractivity contribution in [1.82, 2.24) is 10.9 Å². The van der Waals surface area contributed by atoms with Crippen LogP contribution in [0, 0.1) is 12.7 Å². The van der Waals surface area contributed by atoms with E-state index in [0.29, 0.717) is 17.4 Å². The number of ether oxygens (including phenoxy) is 2. The molecule has 0 aliphatic carbocycles. The molecule has 0 aromatic heterocycles. The number of carbonyl (C=O) groups excluding carboxylic acids is 2. The summed E-state index contributed by atoms with van der Waals surface area (Å²) in [6, 6.07) is 10.9. The number of carbonyl (C=O) groups is 2. The molecule has 0 radical (unpaired) electrons. The molecule has 2 aromatic carbocycles. The predicted molar refractivity (Wildman–Crippen MR) is 98.9 cm³/mol. The van der Waals surface area contributed by atoms with E-state index in [1.165, 1.54) is 29.8 Å². The number of halogens is 1. The zero-order chi connectivity index (χ0) is 19.8. The molecule has 0 saturated heterocycles. The summed E-state index contributed by atoms with van der Waals surface area (Å²) in [5.41, 5.74) is 6.77. The van der Waals surface area contributed by atoms with E-state index in [-0.39, 0.29) is 13.2 Å². The quantitative estimate of drug-likeness (QED) is 0.731. The van der Waals surface area contributed by atoms with Crippen LogP contribution in [0.5, 0.6) is 11.5 Å². The van der Waals surface area contributed by atoms with E-state index in [1.807, 2.05) is 25.1 Å². The van der Waals surface area contributed by atoms with Crippen molar-refractivity contribution in [1.29, 1.82) is 0 Å². The lowest BCUT2D eigenvalue weighted by molar-refractivity contribution is -0.131. The van der Waals surface area contributed by atoms with Crippen molar-refractivity contribution in [2.45, 2.75) is 26.7 Å². The molecule has 0 bridgehead atoms. The van der Waals surface area contributed by atoms with Gasteiger partial charge in [-0.25, -0.2) is 4.39 Å². The van der Waals surface area contributed by atoms with Gasteiger partial charge in [0.15, 0.2) is 13.2 Å². The van der Waals surface area contributed by atoms with Gasteiger partial charge in [-0.15, -0.1) is 0 Å². The third-order valence-electron chi connectivity index (χ3n) is 3.76. The van der Waals surface area contributed by atoms with E-state index in [0.717, 1.165) is 5.56 Å². The SMILES string of the molecule is Cc1cc(OCC(=O)NNC(=O)COc2ccc(F)cc2)ccc1C(C)C. The fourth-order valence-electron chi connectivity index (χ4n) is 2.43. The summed E-state index contributed by atoms with van der Waals surface area (Å²) in [7, 11) is 0. The second-order valence-electron chi connectivity index (χ2n) is 6.30. The monoisotopic (exact) mass is 374 g/mol. The van der Waals surface area contributed by atoms with Gasteiger partial charge in [0.2, 0.25) is 0 Å². The number of hydrazine groups is 1. The first-order chi connectivity index (χ1) is 12.8. The average Bonchev–Trinajstić information content (AvgIpc) is 2.64. The first-order valence-electron chi connectivity index (χ1n) is 8.54. The van der Waals surface area contributed by atoms with Gasteiger partial charge in [0.05, 0.1) is 0 Å². The Bertz CT molecular complexity index is 791. The lowest BCUT2D eigenvalue weighted by atomic mass is 9.98. The minimum atomic E-state index is -0.551. The van der Waals surface area contributed by atoms with Crippen molar-refractivity contribution in [3.63, 3.8) is 0 Å². The summed E-state index contributed by atoms with van der Waals surface area (Å²) >= 11 is 0. The number of rotatable bonds is 7. The van der Waals surface area contributed by atoms with Gasteiger partial charge in [-0.2, -0.15) is 0 Å². The van der Waals surface area contributed by atoms with E-state index in [9.17, 15) is 14.0 Å². The van der Waals surface area contributed by atoms with Crippen LogP contribution in [0.1, 0.15) is 30.9 Å². The van der Waals surface area contributed by atoms with Gasteiger partial charge in [-0.05, 0) is 60.4 Å². The Morgan fingerprint density at radius 2 is 1.44 bits per heavy atom. The molecule has 0 fully saturated rings. The Morgan fingerprint density at radius 3 is 1.96 bits per heavy atom. The van der Waals surface area contributed by atoms with Gasteiger partial charge in [-0.3, -0.25) is 20.4 Å². The van der Waals surface area contributed by atoms with Crippen molar-refractivity contribution in [2.24, 2.45) is 0 Å². The summed E-state index contributed by atoms with van der Waals surface area (Å²) in [5.74, 6) is -0.109. The molecular weight excluding hydrogens is 351 g/mol. The van der Waals surface area contributed by atoms with Gasteiger partial charge in [0.1, 0.15) is 17.3 Å². The fourth-order valence-corrected chi connectivity index (χ4v) is 2.43. The van der Waals surface area contributed by atoms with E-state index in [1.54, 1.807) is 0 Å². The highest BCUT2D eigenvalue weighted by molar-refractivity contribution is 5.83.